The number of rotatable bonds is 4. The Balaban J connectivity index is 2.20. The number of methoxy groups -OCH3 is 1. The van der Waals surface area contributed by atoms with E-state index >= 15 is 0 Å². The Labute approximate surface area is 127 Å². The van der Waals surface area contributed by atoms with Gasteiger partial charge in [-0.05, 0) is 23.8 Å². The van der Waals surface area contributed by atoms with Crippen molar-refractivity contribution in [3.05, 3.63) is 64.1 Å². The van der Waals surface area contributed by atoms with E-state index in [1.54, 1.807) is 18.2 Å². The lowest BCUT2D eigenvalue weighted by Gasteiger charge is -2.16. The second-order valence-electron chi connectivity index (χ2n) is 4.14. The molecule has 0 aliphatic carbocycles. The molecule has 0 aromatic heterocycles. The summed E-state index contributed by atoms with van der Waals surface area (Å²) in [5, 5.41) is 3.64. The number of nitrogens with one attached hydrogen (secondary N) is 1. The van der Waals surface area contributed by atoms with Gasteiger partial charge >= 0.3 is 0 Å². The first-order chi connectivity index (χ1) is 9.61. The van der Waals surface area contributed by atoms with Crippen LogP contribution < -0.4 is 5.32 Å². The van der Waals surface area contributed by atoms with Gasteiger partial charge in [0.1, 0.15) is 0 Å². The Hall–Kier alpha value is -1.55. The normalized spacial score (nSPS) is 11.9. The van der Waals surface area contributed by atoms with E-state index in [9.17, 15) is 4.79 Å². The molecule has 2 rings (SSSR count). The van der Waals surface area contributed by atoms with Gasteiger partial charge in [-0.1, -0.05) is 53.5 Å². The summed E-state index contributed by atoms with van der Waals surface area (Å²) in [6, 6.07) is 14.1. The highest BCUT2D eigenvalue weighted by Gasteiger charge is 2.20. The van der Waals surface area contributed by atoms with Crippen LogP contribution in [0.4, 0.5) is 5.69 Å². The highest BCUT2D eigenvalue weighted by molar-refractivity contribution is 6.35. The Morgan fingerprint density at radius 1 is 1.15 bits per heavy atom. The lowest BCUT2D eigenvalue weighted by molar-refractivity contribution is -0.126. The first-order valence-corrected chi connectivity index (χ1v) is 6.71. The standard InChI is InChI=1S/C15H13Cl2NO2/c1-20-14(10-5-3-2-4-6-10)15(19)18-13-9-11(16)7-8-12(13)17/h2-9,14H,1H3,(H,18,19)/t14-/m0/s1. The van der Waals surface area contributed by atoms with Gasteiger partial charge in [-0.2, -0.15) is 0 Å². The van der Waals surface area contributed by atoms with Crippen LogP contribution in [0.2, 0.25) is 10.0 Å². The predicted molar refractivity (Wildman–Crippen MR) is 81.3 cm³/mol. The number of ether oxygens (including phenoxy) is 1. The van der Waals surface area contributed by atoms with Crippen LogP contribution in [0.25, 0.3) is 0 Å². The number of halogens is 2. The summed E-state index contributed by atoms with van der Waals surface area (Å²) in [5.41, 5.74) is 1.23. The molecule has 0 fully saturated rings. The second kappa shape index (κ2) is 6.75. The van der Waals surface area contributed by atoms with Crippen molar-refractivity contribution >= 4 is 34.8 Å². The summed E-state index contributed by atoms with van der Waals surface area (Å²) < 4.78 is 5.25. The summed E-state index contributed by atoms with van der Waals surface area (Å²) in [6.07, 6.45) is -0.703. The average molecular weight is 310 g/mol. The van der Waals surface area contributed by atoms with E-state index in [0.717, 1.165) is 5.56 Å². The van der Waals surface area contributed by atoms with Gasteiger partial charge < -0.3 is 10.1 Å². The van der Waals surface area contributed by atoms with Crippen molar-refractivity contribution in [2.24, 2.45) is 0 Å². The minimum Gasteiger partial charge on any atom is -0.367 e. The van der Waals surface area contributed by atoms with Crippen LogP contribution in [0.3, 0.4) is 0 Å². The number of amides is 1. The van der Waals surface area contributed by atoms with Gasteiger partial charge in [-0.15, -0.1) is 0 Å². The van der Waals surface area contributed by atoms with Gasteiger partial charge in [0.05, 0.1) is 10.7 Å². The number of carbonyl (C=O) groups excluding carboxylic acids is 1. The molecule has 0 spiro atoms. The van der Waals surface area contributed by atoms with Crippen LogP contribution in [-0.2, 0) is 9.53 Å². The fourth-order valence-electron chi connectivity index (χ4n) is 1.81. The monoisotopic (exact) mass is 309 g/mol. The molecule has 2 aromatic carbocycles. The van der Waals surface area contributed by atoms with Crippen LogP contribution in [0, 0.1) is 0 Å². The molecule has 0 aliphatic rings. The van der Waals surface area contributed by atoms with Crippen LogP contribution in [0.5, 0.6) is 0 Å². The van der Waals surface area contributed by atoms with Crippen LogP contribution >= 0.6 is 23.2 Å². The minimum atomic E-state index is -0.703. The lowest BCUT2D eigenvalue weighted by Crippen LogP contribution is -2.22. The van der Waals surface area contributed by atoms with Crippen molar-refractivity contribution in [1.29, 1.82) is 0 Å². The van der Waals surface area contributed by atoms with Crippen molar-refractivity contribution in [2.75, 3.05) is 12.4 Å². The smallest absolute Gasteiger partial charge is 0.258 e. The molecule has 0 heterocycles. The topological polar surface area (TPSA) is 38.3 Å². The second-order valence-corrected chi connectivity index (χ2v) is 4.98. The van der Waals surface area contributed by atoms with Gasteiger partial charge in [-0.25, -0.2) is 0 Å². The van der Waals surface area contributed by atoms with E-state index in [0.29, 0.717) is 15.7 Å². The molecule has 0 bridgehead atoms. The SMILES string of the molecule is CO[C@H](C(=O)Nc1cc(Cl)ccc1Cl)c1ccccc1. The van der Waals surface area contributed by atoms with E-state index in [-0.39, 0.29) is 5.91 Å². The maximum Gasteiger partial charge on any atom is 0.258 e. The van der Waals surface area contributed by atoms with Crippen molar-refractivity contribution in [1.82, 2.24) is 0 Å². The van der Waals surface area contributed by atoms with Gasteiger partial charge in [0, 0.05) is 12.1 Å². The molecule has 3 nitrogen and oxygen atoms in total. The zero-order valence-electron chi connectivity index (χ0n) is 10.8. The number of hydrogen-bond donors (Lipinski definition) is 1. The molecule has 1 N–H and O–H groups in total. The largest absolute Gasteiger partial charge is 0.367 e. The van der Waals surface area contributed by atoms with Crippen molar-refractivity contribution in [2.45, 2.75) is 6.10 Å². The third-order valence-corrected chi connectivity index (χ3v) is 3.33. The quantitative estimate of drug-likeness (QED) is 0.913. The number of hydrogen-bond acceptors (Lipinski definition) is 2. The van der Waals surface area contributed by atoms with Crippen molar-refractivity contribution in [3.8, 4) is 0 Å². The molecule has 1 amide bonds. The van der Waals surface area contributed by atoms with E-state index in [4.69, 9.17) is 27.9 Å². The molecule has 0 aliphatic heterocycles. The third kappa shape index (κ3) is 3.51. The molecule has 20 heavy (non-hydrogen) atoms. The maximum atomic E-state index is 12.3. The summed E-state index contributed by atoms with van der Waals surface area (Å²) >= 11 is 11.9. The van der Waals surface area contributed by atoms with Crippen LogP contribution in [0.15, 0.2) is 48.5 Å². The lowest BCUT2D eigenvalue weighted by atomic mass is 10.1. The first kappa shape index (κ1) is 14.9. The van der Waals surface area contributed by atoms with E-state index in [2.05, 4.69) is 5.32 Å². The zero-order chi connectivity index (χ0) is 14.5. The predicted octanol–water partition coefficient (Wildman–Crippen LogP) is 4.32. The molecule has 0 unspecified atom stereocenters. The fraction of sp³-hybridized carbons (Fsp3) is 0.133. The third-order valence-electron chi connectivity index (χ3n) is 2.76. The van der Waals surface area contributed by atoms with Crippen molar-refractivity contribution < 1.29 is 9.53 Å². The molecule has 104 valence electrons. The van der Waals surface area contributed by atoms with Gasteiger partial charge in [0.15, 0.2) is 6.10 Å². The van der Waals surface area contributed by atoms with E-state index in [1.807, 2.05) is 30.3 Å². The number of carbonyl (C=O) groups is 1. The molecule has 0 saturated carbocycles. The molecule has 0 saturated heterocycles. The maximum absolute atomic E-state index is 12.3. The molecule has 1 atom stereocenters. The van der Waals surface area contributed by atoms with Crippen molar-refractivity contribution in [3.63, 3.8) is 0 Å². The first-order valence-electron chi connectivity index (χ1n) is 5.95. The summed E-state index contributed by atoms with van der Waals surface area (Å²) in [7, 11) is 1.48. The van der Waals surface area contributed by atoms with Crippen LogP contribution in [-0.4, -0.2) is 13.0 Å². The Morgan fingerprint density at radius 2 is 1.85 bits per heavy atom. The highest BCUT2D eigenvalue weighted by atomic mass is 35.5. The fourth-order valence-corrected chi connectivity index (χ4v) is 2.15. The zero-order valence-corrected chi connectivity index (χ0v) is 12.3. The van der Waals surface area contributed by atoms with E-state index in [1.165, 1.54) is 7.11 Å². The molecular weight excluding hydrogens is 297 g/mol. The van der Waals surface area contributed by atoms with Gasteiger partial charge in [0.25, 0.3) is 5.91 Å². The molecular formula is C15H13Cl2NO2. The molecule has 0 radical (unpaired) electrons. The summed E-state index contributed by atoms with van der Waals surface area (Å²) in [5.74, 6) is -0.303. The van der Waals surface area contributed by atoms with Crippen LogP contribution in [0.1, 0.15) is 11.7 Å². The molecule has 2 aromatic rings. The average Bonchev–Trinajstić information content (AvgIpc) is 2.45. The number of benzene rings is 2. The Kier molecular flexibility index (Phi) is 5.01. The Morgan fingerprint density at radius 3 is 2.50 bits per heavy atom. The highest BCUT2D eigenvalue weighted by Crippen LogP contribution is 2.27. The summed E-state index contributed by atoms with van der Waals surface area (Å²) in [4.78, 5) is 12.3. The Bertz CT molecular complexity index is 602. The van der Waals surface area contributed by atoms with E-state index < -0.39 is 6.10 Å². The minimum absolute atomic E-state index is 0.303. The number of anilines is 1. The van der Waals surface area contributed by atoms with Gasteiger partial charge in [0.2, 0.25) is 0 Å². The van der Waals surface area contributed by atoms with Gasteiger partial charge in [-0.3, -0.25) is 4.79 Å². The summed E-state index contributed by atoms with van der Waals surface area (Å²) in [6.45, 7) is 0. The molecule has 5 heteroatoms.